The maximum absolute atomic E-state index is 11.8. The van der Waals surface area contributed by atoms with Gasteiger partial charge in [0.2, 0.25) is 5.82 Å². The molecule has 100 valence electrons. The molecule has 0 radical (unpaired) electrons. The number of rotatable bonds is 4. The molecule has 1 aromatic heterocycles. The van der Waals surface area contributed by atoms with E-state index in [1.54, 1.807) is 19.2 Å². The molecule has 8 nitrogen and oxygen atoms in total. The van der Waals surface area contributed by atoms with Gasteiger partial charge in [-0.25, -0.2) is 4.79 Å². The molecule has 0 saturated carbocycles. The molecule has 0 bridgehead atoms. The fraction of sp³-hybridized carbons (Fsp3) is 0.273. The van der Waals surface area contributed by atoms with Crippen LogP contribution in [0.3, 0.4) is 0 Å². The third-order valence-electron chi connectivity index (χ3n) is 2.28. The molecule has 0 spiro atoms. The van der Waals surface area contributed by atoms with Gasteiger partial charge in [0.05, 0.1) is 19.7 Å². The van der Waals surface area contributed by atoms with Crippen molar-refractivity contribution in [2.24, 2.45) is 7.05 Å². The molecule has 8 heteroatoms. The molecule has 0 aliphatic heterocycles. The van der Waals surface area contributed by atoms with Gasteiger partial charge in [-0.3, -0.25) is 0 Å². The largest absolute Gasteiger partial charge is 0.497 e. The summed E-state index contributed by atoms with van der Waals surface area (Å²) in [6.45, 7) is -0.0518. The maximum Gasteiger partial charge on any atom is 0.338 e. The summed E-state index contributed by atoms with van der Waals surface area (Å²) in [5, 5.41) is 11.2. The monoisotopic (exact) mass is 263 g/mol. The smallest absolute Gasteiger partial charge is 0.338 e. The minimum Gasteiger partial charge on any atom is -0.497 e. The van der Waals surface area contributed by atoms with E-state index < -0.39 is 5.97 Å². The van der Waals surface area contributed by atoms with Crippen molar-refractivity contribution in [3.05, 3.63) is 29.6 Å². The normalized spacial score (nSPS) is 10.2. The lowest BCUT2D eigenvalue weighted by Crippen LogP contribution is -2.07. The fourth-order valence-electron chi connectivity index (χ4n) is 1.45. The average Bonchev–Trinajstić information content (AvgIpc) is 2.81. The number of carbonyl (C=O) groups excluding carboxylic acids is 1. The van der Waals surface area contributed by atoms with Crippen molar-refractivity contribution in [2.45, 2.75) is 6.61 Å². The molecule has 19 heavy (non-hydrogen) atoms. The van der Waals surface area contributed by atoms with Crippen molar-refractivity contribution >= 4 is 11.7 Å². The molecule has 0 saturated heterocycles. The van der Waals surface area contributed by atoms with E-state index in [0.717, 1.165) is 0 Å². The summed E-state index contributed by atoms with van der Waals surface area (Å²) in [5.74, 6) is 0.286. The van der Waals surface area contributed by atoms with Gasteiger partial charge >= 0.3 is 5.97 Å². The van der Waals surface area contributed by atoms with Crippen LogP contribution >= 0.6 is 0 Å². The number of hydrogen-bond acceptors (Lipinski definition) is 7. The minimum absolute atomic E-state index is 0.0518. The van der Waals surface area contributed by atoms with E-state index in [2.05, 4.69) is 15.4 Å². The molecule has 1 aromatic carbocycles. The Balaban J connectivity index is 2.05. The first-order chi connectivity index (χ1) is 9.08. The van der Waals surface area contributed by atoms with Crippen LogP contribution in [0.25, 0.3) is 0 Å². The van der Waals surface area contributed by atoms with E-state index in [9.17, 15) is 4.79 Å². The summed E-state index contributed by atoms with van der Waals surface area (Å²) < 4.78 is 10.1. The summed E-state index contributed by atoms with van der Waals surface area (Å²) in [6, 6.07) is 4.67. The molecule has 0 aliphatic rings. The van der Waals surface area contributed by atoms with Crippen molar-refractivity contribution in [1.29, 1.82) is 0 Å². The summed E-state index contributed by atoms with van der Waals surface area (Å²) in [4.78, 5) is 13.1. The van der Waals surface area contributed by atoms with Gasteiger partial charge in [-0.05, 0) is 17.3 Å². The number of carbonyl (C=O) groups is 1. The number of aromatic nitrogens is 4. The quantitative estimate of drug-likeness (QED) is 0.618. The number of benzene rings is 1. The number of nitrogen functional groups attached to an aromatic ring is 1. The number of esters is 1. The highest BCUT2D eigenvalue weighted by Crippen LogP contribution is 2.19. The average molecular weight is 263 g/mol. The van der Waals surface area contributed by atoms with E-state index in [1.165, 1.54) is 18.0 Å². The Kier molecular flexibility index (Phi) is 3.60. The standard InChI is InChI=1S/C11H13N5O3/c1-16-14-10(13-15-16)6-19-11(17)7-3-8(12)5-9(4-7)18-2/h3-5H,6,12H2,1-2H3. The highest BCUT2D eigenvalue weighted by Gasteiger charge is 2.11. The second-order valence-electron chi connectivity index (χ2n) is 3.77. The second-order valence-corrected chi connectivity index (χ2v) is 3.77. The van der Waals surface area contributed by atoms with E-state index in [4.69, 9.17) is 15.2 Å². The number of aryl methyl sites for hydroxylation is 1. The summed E-state index contributed by atoms with van der Waals surface area (Å²) >= 11 is 0. The highest BCUT2D eigenvalue weighted by molar-refractivity contribution is 5.91. The lowest BCUT2D eigenvalue weighted by molar-refractivity contribution is 0.0461. The van der Waals surface area contributed by atoms with Gasteiger partial charge in [0, 0.05) is 11.8 Å². The highest BCUT2D eigenvalue weighted by atomic mass is 16.5. The van der Waals surface area contributed by atoms with Crippen molar-refractivity contribution in [2.75, 3.05) is 12.8 Å². The number of nitrogens with zero attached hydrogens (tertiary/aromatic N) is 4. The number of nitrogens with two attached hydrogens (primary N) is 1. The predicted molar refractivity (Wildman–Crippen MR) is 65.3 cm³/mol. The first kappa shape index (κ1) is 12.8. The van der Waals surface area contributed by atoms with Crippen LogP contribution in [-0.4, -0.2) is 33.3 Å². The Morgan fingerprint density at radius 1 is 1.42 bits per heavy atom. The first-order valence-electron chi connectivity index (χ1n) is 5.43. The van der Waals surface area contributed by atoms with Gasteiger partial charge in [0.25, 0.3) is 0 Å². The van der Waals surface area contributed by atoms with Gasteiger partial charge in [0.15, 0.2) is 6.61 Å². The van der Waals surface area contributed by atoms with Gasteiger partial charge in [-0.1, -0.05) is 0 Å². The van der Waals surface area contributed by atoms with Crippen molar-refractivity contribution in [3.63, 3.8) is 0 Å². The molecule has 0 unspecified atom stereocenters. The lowest BCUT2D eigenvalue weighted by Gasteiger charge is -2.06. The van der Waals surface area contributed by atoms with Crippen LogP contribution in [0.4, 0.5) is 5.69 Å². The fourth-order valence-corrected chi connectivity index (χ4v) is 1.45. The number of ether oxygens (including phenoxy) is 2. The van der Waals surface area contributed by atoms with Gasteiger partial charge in [0.1, 0.15) is 5.75 Å². The molecular weight excluding hydrogens is 250 g/mol. The molecule has 0 fully saturated rings. The second kappa shape index (κ2) is 5.34. The van der Waals surface area contributed by atoms with Crippen LogP contribution < -0.4 is 10.5 Å². The Hall–Kier alpha value is -2.64. The third-order valence-corrected chi connectivity index (χ3v) is 2.28. The van der Waals surface area contributed by atoms with Crippen LogP contribution in [0.15, 0.2) is 18.2 Å². The minimum atomic E-state index is -0.530. The number of hydrogen-bond donors (Lipinski definition) is 1. The molecule has 2 aromatic rings. The molecule has 0 amide bonds. The number of methoxy groups -OCH3 is 1. The zero-order valence-corrected chi connectivity index (χ0v) is 10.5. The molecule has 0 atom stereocenters. The molecule has 1 heterocycles. The van der Waals surface area contributed by atoms with E-state index >= 15 is 0 Å². The molecule has 2 rings (SSSR count). The molecule has 2 N–H and O–H groups in total. The van der Waals surface area contributed by atoms with Crippen LogP contribution in [0.5, 0.6) is 5.75 Å². The lowest BCUT2D eigenvalue weighted by atomic mass is 10.2. The maximum atomic E-state index is 11.8. The topological polar surface area (TPSA) is 105 Å². The predicted octanol–water partition coefficient (Wildman–Crippen LogP) is 0.158. The van der Waals surface area contributed by atoms with Gasteiger partial charge < -0.3 is 15.2 Å². The van der Waals surface area contributed by atoms with E-state index in [-0.39, 0.29) is 6.61 Å². The Labute approximate surface area is 109 Å². The van der Waals surface area contributed by atoms with Crippen LogP contribution in [-0.2, 0) is 18.4 Å². The van der Waals surface area contributed by atoms with Gasteiger partial charge in [-0.15, -0.1) is 10.2 Å². The summed E-state index contributed by atoms with van der Waals surface area (Å²) in [7, 11) is 3.12. The third kappa shape index (κ3) is 3.18. The van der Waals surface area contributed by atoms with Crippen LogP contribution in [0.1, 0.15) is 16.2 Å². The van der Waals surface area contributed by atoms with Crippen molar-refractivity contribution < 1.29 is 14.3 Å². The van der Waals surface area contributed by atoms with Crippen molar-refractivity contribution in [1.82, 2.24) is 20.2 Å². The SMILES string of the molecule is COc1cc(N)cc(C(=O)OCc2nnn(C)n2)c1. The number of anilines is 1. The zero-order valence-electron chi connectivity index (χ0n) is 10.5. The van der Waals surface area contributed by atoms with Gasteiger partial charge in [-0.2, -0.15) is 4.80 Å². The van der Waals surface area contributed by atoms with Crippen LogP contribution in [0.2, 0.25) is 0 Å². The Morgan fingerprint density at radius 2 is 2.21 bits per heavy atom. The summed E-state index contributed by atoms with van der Waals surface area (Å²) in [5.41, 5.74) is 6.38. The molecule has 0 aliphatic carbocycles. The molecular formula is C11H13N5O3. The van der Waals surface area contributed by atoms with Crippen LogP contribution in [0, 0.1) is 0 Å². The Morgan fingerprint density at radius 3 is 2.84 bits per heavy atom. The van der Waals surface area contributed by atoms with Crippen molar-refractivity contribution in [3.8, 4) is 5.75 Å². The Bertz CT molecular complexity index is 596. The zero-order chi connectivity index (χ0) is 13.8. The summed E-state index contributed by atoms with van der Waals surface area (Å²) in [6.07, 6.45) is 0. The number of tetrazole rings is 1. The van der Waals surface area contributed by atoms with E-state index in [0.29, 0.717) is 22.8 Å². The first-order valence-corrected chi connectivity index (χ1v) is 5.43. The van der Waals surface area contributed by atoms with E-state index in [1.807, 2.05) is 0 Å².